The molecule has 9 heteroatoms. The molecule has 1 aromatic carbocycles. The van der Waals surface area contributed by atoms with Crippen LogP contribution in [0, 0.1) is 45.3 Å². The molecule has 0 saturated heterocycles. The third-order valence-electron chi connectivity index (χ3n) is 15.0. The number of hydrogen-bond donors (Lipinski definition) is 3. The van der Waals surface area contributed by atoms with Crippen molar-refractivity contribution >= 4 is 38.8 Å². The van der Waals surface area contributed by atoms with Gasteiger partial charge in [0.25, 0.3) is 10.0 Å². The first kappa shape index (κ1) is 34.0. The molecule has 1 aromatic heterocycles. The third kappa shape index (κ3) is 4.99. The SMILES string of the molecule is CC1(C)C(c2ccc(C(=O)O)cc2)=CC[C@@]2(C)C1CC[C@]1(C)C2CC[C@@H]2C3CCC[C@]3(NC(=O)CNS(=O)(=O)c3cccs3)CC[C@]21C. The lowest BCUT2D eigenvalue weighted by molar-refractivity contribution is -0.216. The highest BCUT2D eigenvalue weighted by Crippen LogP contribution is 2.76. The van der Waals surface area contributed by atoms with Crippen LogP contribution in [-0.4, -0.2) is 37.5 Å². The topological polar surface area (TPSA) is 113 Å². The van der Waals surface area contributed by atoms with Crippen molar-refractivity contribution in [2.75, 3.05) is 6.54 Å². The summed E-state index contributed by atoms with van der Waals surface area (Å²) in [5.74, 6) is 0.983. The van der Waals surface area contributed by atoms with Crippen LogP contribution < -0.4 is 10.0 Å². The van der Waals surface area contributed by atoms with Gasteiger partial charge in [-0.3, -0.25) is 4.79 Å². The Morgan fingerprint density at radius 2 is 1.62 bits per heavy atom. The lowest BCUT2D eigenvalue weighted by Gasteiger charge is -2.72. The van der Waals surface area contributed by atoms with Gasteiger partial charge in [0.2, 0.25) is 5.91 Å². The van der Waals surface area contributed by atoms with Gasteiger partial charge in [-0.05, 0) is 138 Å². The summed E-state index contributed by atoms with van der Waals surface area (Å²) in [6, 6.07) is 10.7. The number of fused-ring (bicyclic) bond motifs is 7. The fraction of sp³-hybridized carbons (Fsp3) is 0.641. The van der Waals surface area contributed by atoms with Crippen molar-refractivity contribution in [3.63, 3.8) is 0 Å². The summed E-state index contributed by atoms with van der Waals surface area (Å²) in [7, 11) is -3.69. The Bertz CT molecular complexity index is 1730. The maximum Gasteiger partial charge on any atom is 0.335 e. The Labute approximate surface area is 290 Å². The van der Waals surface area contributed by atoms with Gasteiger partial charge in [-0.15, -0.1) is 11.3 Å². The second-order valence-corrected chi connectivity index (χ2v) is 20.0. The van der Waals surface area contributed by atoms with Crippen LogP contribution in [0.3, 0.4) is 0 Å². The highest BCUT2D eigenvalue weighted by molar-refractivity contribution is 7.91. The smallest absolute Gasteiger partial charge is 0.335 e. The molecule has 0 bridgehead atoms. The molecule has 1 heterocycles. The number of nitrogens with one attached hydrogen (secondary N) is 2. The maximum absolute atomic E-state index is 13.4. The first-order valence-corrected chi connectivity index (χ1v) is 20.3. The number of carboxylic acid groups (broad SMARTS) is 1. The van der Waals surface area contributed by atoms with Crippen molar-refractivity contribution in [3.05, 3.63) is 59.0 Å². The quantitative estimate of drug-likeness (QED) is 0.271. The molecule has 3 unspecified atom stereocenters. The van der Waals surface area contributed by atoms with E-state index in [4.69, 9.17) is 0 Å². The van der Waals surface area contributed by atoms with Gasteiger partial charge < -0.3 is 10.4 Å². The molecule has 8 atom stereocenters. The van der Waals surface area contributed by atoms with Crippen molar-refractivity contribution in [2.45, 2.75) is 109 Å². The van der Waals surface area contributed by atoms with Crippen molar-refractivity contribution in [3.8, 4) is 0 Å². The second-order valence-electron chi connectivity index (χ2n) is 17.1. The van der Waals surface area contributed by atoms with Crippen molar-refractivity contribution in [1.82, 2.24) is 10.0 Å². The minimum absolute atomic E-state index is 0.0285. The van der Waals surface area contributed by atoms with Crippen LogP contribution in [0.4, 0.5) is 0 Å². The van der Waals surface area contributed by atoms with Gasteiger partial charge in [-0.1, -0.05) is 65.3 Å². The number of benzene rings is 1. The second kappa shape index (κ2) is 11.5. The molecule has 0 aliphatic heterocycles. The molecule has 4 fully saturated rings. The summed E-state index contributed by atoms with van der Waals surface area (Å²) in [6.45, 7) is 12.4. The van der Waals surface area contributed by atoms with E-state index >= 15 is 0 Å². The zero-order chi connectivity index (χ0) is 34.3. The molecule has 0 radical (unpaired) electrons. The molecular weight excluding hydrogens is 641 g/mol. The highest BCUT2D eigenvalue weighted by Gasteiger charge is 2.69. The van der Waals surface area contributed by atoms with Gasteiger partial charge in [-0.25, -0.2) is 17.9 Å². The minimum atomic E-state index is -3.69. The molecular formula is C39H52N2O5S2. The van der Waals surface area contributed by atoms with Gasteiger partial charge in [0.1, 0.15) is 4.21 Å². The van der Waals surface area contributed by atoms with Crippen molar-refractivity contribution in [1.29, 1.82) is 0 Å². The molecule has 5 aliphatic carbocycles. The Hall–Kier alpha value is -2.49. The zero-order valence-corrected chi connectivity index (χ0v) is 30.7. The molecule has 0 spiro atoms. The third-order valence-corrected chi connectivity index (χ3v) is 17.8. The summed E-state index contributed by atoms with van der Waals surface area (Å²) in [5.41, 5.74) is 3.09. The molecule has 1 amide bonds. The Morgan fingerprint density at radius 1 is 0.875 bits per heavy atom. The van der Waals surface area contributed by atoms with E-state index in [2.05, 4.69) is 50.7 Å². The van der Waals surface area contributed by atoms with E-state index in [-0.39, 0.29) is 43.9 Å². The first-order chi connectivity index (χ1) is 22.6. The van der Waals surface area contributed by atoms with Crippen LogP contribution in [-0.2, 0) is 14.8 Å². The Balaban J connectivity index is 1.11. The van der Waals surface area contributed by atoms with Crippen LogP contribution >= 0.6 is 11.3 Å². The molecule has 5 aliphatic rings. The summed E-state index contributed by atoms with van der Waals surface area (Å²) in [5, 5.41) is 14.6. The van der Waals surface area contributed by atoms with Crippen LogP contribution in [0.15, 0.2) is 52.1 Å². The van der Waals surface area contributed by atoms with E-state index in [1.165, 1.54) is 31.3 Å². The number of thiophene rings is 1. The van der Waals surface area contributed by atoms with E-state index in [9.17, 15) is 23.1 Å². The van der Waals surface area contributed by atoms with Gasteiger partial charge in [-0.2, -0.15) is 0 Å². The van der Waals surface area contributed by atoms with Crippen molar-refractivity contribution < 1.29 is 23.1 Å². The maximum atomic E-state index is 13.4. The number of hydrogen-bond acceptors (Lipinski definition) is 5. The number of carbonyl (C=O) groups excluding carboxylic acids is 1. The Morgan fingerprint density at radius 3 is 2.31 bits per heavy atom. The van der Waals surface area contributed by atoms with E-state index in [0.717, 1.165) is 55.4 Å². The zero-order valence-electron chi connectivity index (χ0n) is 29.1. The number of allylic oxidation sites excluding steroid dienone is 2. The average Bonchev–Trinajstić information content (AvgIpc) is 3.72. The van der Waals surface area contributed by atoms with E-state index in [1.54, 1.807) is 29.6 Å². The molecule has 3 N–H and O–H groups in total. The van der Waals surface area contributed by atoms with Crippen molar-refractivity contribution in [2.24, 2.45) is 45.3 Å². The predicted octanol–water partition coefficient (Wildman–Crippen LogP) is 8.14. The molecule has 7 rings (SSSR count). The van der Waals surface area contributed by atoms with Crippen LogP contribution in [0.1, 0.15) is 115 Å². The van der Waals surface area contributed by atoms with Gasteiger partial charge >= 0.3 is 5.97 Å². The monoisotopic (exact) mass is 692 g/mol. The number of rotatable bonds is 7. The van der Waals surface area contributed by atoms with E-state index in [0.29, 0.717) is 29.2 Å². The fourth-order valence-electron chi connectivity index (χ4n) is 12.6. The standard InChI is InChI=1S/C39H52N2O5S2/c1-35(2)27(25-10-12-26(13-11-25)34(43)44)16-19-36(3)30(35)17-20-38(5)31(36)15-14-28-29-8-6-18-39(29,22-21-37(28,38)4)41-32(42)24-40-48(45,46)33-9-7-23-47-33/h7,9-13,16,23,28-31,40H,6,8,14-15,17-22,24H2,1-5H3,(H,41,42)(H,43,44)/t28-,29?,30?,31?,36+,37-,38-,39+/m1/s1. The number of aromatic carboxylic acids is 1. The number of carbonyl (C=O) groups is 2. The largest absolute Gasteiger partial charge is 0.478 e. The van der Waals surface area contributed by atoms with Gasteiger partial charge in [0.05, 0.1) is 12.1 Å². The number of amides is 1. The van der Waals surface area contributed by atoms with E-state index < -0.39 is 16.0 Å². The lowest BCUT2D eigenvalue weighted by Crippen LogP contribution is -2.68. The van der Waals surface area contributed by atoms with Gasteiger partial charge in [0.15, 0.2) is 0 Å². The molecule has 4 saturated carbocycles. The summed E-state index contributed by atoms with van der Waals surface area (Å²) < 4.78 is 28.2. The molecule has 260 valence electrons. The summed E-state index contributed by atoms with van der Waals surface area (Å²) in [6.07, 6.45) is 13.6. The molecule has 7 nitrogen and oxygen atoms in total. The predicted molar refractivity (Wildman–Crippen MR) is 190 cm³/mol. The summed E-state index contributed by atoms with van der Waals surface area (Å²) in [4.78, 5) is 24.9. The Kier molecular flexibility index (Phi) is 8.16. The number of carboxylic acids is 1. The van der Waals surface area contributed by atoms with Crippen LogP contribution in [0.25, 0.3) is 5.57 Å². The van der Waals surface area contributed by atoms with Gasteiger partial charge in [0, 0.05) is 5.54 Å². The molecule has 2 aromatic rings. The highest BCUT2D eigenvalue weighted by atomic mass is 32.2. The lowest BCUT2D eigenvalue weighted by atomic mass is 9.33. The minimum Gasteiger partial charge on any atom is -0.478 e. The first-order valence-electron chi connectivity index (χ1n) is 18.0. The van der Waals surface area contributed by atoms with Crippen LogP contribution in [0.5, 0.6) is 0 Å². The fourth-order valence-corrected chi connectivity index (χ4v) is 14.7. The number of sulfonamides is 1. The molecule has 48 heavy (non-hydrogen) atoms. The normalized spacial score (nSPS) is 38.5. The summed E-state index contributed by atoms with van der Waals surface area (Å²) >= 11 is 1.16. The van der Waals surface area contributed by atoms with Crippen LogP contribution in [0.2, 0.25) is 0 Å². The average molecular weight is 693 g/mol. The van der Waals surface area contributed by atoms with E-state index in [1.807, 2.05) is 12.1 Å².